The average molecular weight is 366 g/mol. The molecule has 2 atom stereocenters. The topological polar surface area (TPSA) is 95.0 Å². The predicted octanol–water partition coefficient (Wildman–Crippen LogP) is 1.55. The number of carbonyl (C=O) groups excluding carboxylic acids is 1. The zero-order valence-corrected chi connectivity index (χ0v) is 14.9. The van der Waals surface area contributed by atoms with Gasteiger partial charge in [0.1, 0.15) is 0 Å². The molecule has 3 rings (SSSR count). The van der Waals surface area contributed by atoms with Gasteiger partial charge in [-0.05, 0) is 44.4 Å². The van der Waals surface area contributed by atoms with Crippen LogP contribution in [0, 0.1) is 5.92 Å². The summed E-state index contributed by atoms with van der Waals surface area (Å²) in [6, 6.07) is 6.54. The van der Waals surface area contributed by atoms with E-state index >= 15 is 0 Å². The van der Waals surface area contributed by atoms with Crippen molar-refractivity contribution in [2.24, 2.45) is 5.92 Å². The Morgan fingerprint density at radius 2 is 2.00 bits per heavy atom. The van der Waals surface area contributed by atoms with Gasteiger partial charge in [-0.3, -0.25) is 13.9 Å². The monoisotopic (exact) mass is 366 g/mol. The van der Waals surface area contributed by atoms with E-state index in [1.807, 2.05) is 6.92 Å². The zero-order valence-electron chi connectivity index (χ0n) is 14.1. The van der Waals surface area contributed by atoms with E-state index in [1.165, 1.54) is 4.31 Å². The van der Waals surface area contributed by atoms with Crippen LogP contribution in [0.4, 0.5) is 5.69 Å². The van der Waals surface area contributed by atoms with Crippen LogP contribution in [0.1, 0.15) is 36.5 Å². The lowest BCUT2D eigenvalue weighted by atomic mass is 9.93. The summed E-state index contributed by atoms with van der Waals surface area (Å²) >= 11 is 0. The molecular formula is C17H22N2O5S. The number of hydrogen-bond acceptors (Lipinski definition) is 4. The fourth-order valence-corrected chi connectivity index (χ4v) is 5.04. The number of sulfonamides is 1. The highest BCUT2D eigenvalue weighted by Crippen LogP contribution is 2.27. The summed E-state index contributed by atoms with van der Waals surface area (Å²) in [5.74, 6) is -1.57. The second-order valence-electron chi connectivity index (χ2n) is 6.71. The third-order valence-corrected chi connectivity index (χ3v) is 6.84. The van der Waals surface area contributed by atoms with Crippen molar-refractivity contribution in [1.29, 1.82) is 0 Å². The fraction of sp³-hybridized carbons (Fsp3) is 0.529. The Hall–Kier alpha value is -2.09. The summed E-state index contributed by atoms with van der Waals surface area (Å²) < 4.78 is 25.5. The van der Waals surface area contributed by atoms with Crippen molar-refractivity contribution in [1.82, 2.24) is 4.90 Å². The van der Waals surface area contributed by atoms with E-state index in [4.69, 9.17) is 0 Å². The molecule has 0 bridgehead atoms. The molecule has 1 N–H and O–H groups in total. The van der Waals surface area contributed by atoms with E-state index in [1.54, 1.807) is 29.2 Å². The summed E-state index contributed by atoms with van der Waals surface area (Å²) in [6.45, 7) is 2.51. The van der Waals surface area contributed by atoms with E-state index in [0.29, 0.717) is 37.1 Å². The maximum absolute atomic E-state index is 12.9. The van der Waals surface area contributed by atoms with Gasteiger partial charge in [-0.25, -0.2) is 8.42 Å². The molecule has 0 aromatic heterocycles. The first-order chi connectivity index (χ1) is 11.8. The molecule has 2 aliphatic heterocycles. The molecule has 2 unspecified atom stereocenters. The van der Waals surface area contributed by atoms with Crippen LogP contribution in [0.5, 0.6) is 0 Å². The van der Waals surface area contributed by atoms with E-state index in [0.717, 1.165) is 0 Å². The minimum atomic E-state index is -3.31. The first-order valence-electron chi connectivity index (χ1n) is 8.44. The molecule has 1 amide bonds. The second-order valence-corrected chi connectivity index (χ2v) is 8.72. The number of amides is 1. The van der Waals surface area contributed by atoms with Crippen molar-refractivity contribution in [3.63, 3.8) is 0 Å². The standard InChI is InChI=1S/C17H22N2O5S/c1-12-6-7-14(17(21)22)11-18(12)16(20)13-4-2-5-15(10-13)19-8-3-9-25(19,23)24/h2,4-5,10,12,14H,3,6-9,11H2,1H3,(H,21,22). The Labute approximate surface area is 147 Å². The van der Waals surface area contributed by atoms with Crippen LogP contribution in [0.15, 0.2) is 24.3 Å². The summed E-state index contributed by atoms with van der Waals surface area (Å²) in [7, 11) is -3.31. The summed E-state index contributed by atoms with van der Waals surface area (Å²) in [5, 5.41) is 9.23. The van der Waals surface area contributed by atoms with Crippen LogP contribution < -0.4 is 4.31 Å². The van der Waals surface area contributed by atoms with Gasteiger partial charge in [-0.1, -0.05) is 6.07 Å². The van der Waals surface area contributed by atoms with Crippen LogP contribution in [-0.4, -0.2) is 55.2 Å². The van der Waals surface area contributed by atoms with Gasteiger partial charge in [-0.15, -0.1) is 0 Å². The van der Waals surface area contributed by atoms with Crippen LogP contribution in [0.3, 0.4) is 0 Å². The Morgan fingerprint density at radius 3 is 2.64 bits per heavy atom. The number of carbonyl (C=O) groups is 2. The Morgan fingerprint density at radius 1 is 1.24 bits per heavy atom. The lowest BCUT2D eigenvalue weighted by molar-refractivity contribution is -0.143. The highest BCUT2D eigenvalue weighted by Gasteiger charge is 2.34. The average Bonchev–Trinajstić information content (AvgIpc) is 2.94. The Bertz CT molecular complexity index is 792. The number of carboxylic acid groups (broad SMARTS) is 1. The molecule has 1 aromatic carbocycles. The van der Waals surface area contributed by atoms with Gasteiger partial charge >= 0.3 is 5.97 Å². The first kappa shape index (κ1) is 17.7. The van der Waals surface area contributed by atoms with Crippen LogP contribution in [0.25, 0.3) is 0 Å². The summed E-state index contributed by atoms with van der Waals surface area (Å²) in [5.41, 5.74) is 0.875. The number of rotatable bonds is 3. The van der Waals surface area contributed by atoms with Crippen LogP contribution in [-0.2, 0) is 14.8 Å². The van der Waals surface area contributed by atoms with Gasteiger partial charge in [0.05, 0.1) is 17.4 Å². The molecule has 1 aromatic rings. The van der Waals surface area contributed by atoms with Gasteiger partial charge in [0, 0.05) is 24.7 Å². The first-order valence-corrected chi connectivity index (χ1v) is 10.0. The molecule has 8 heteroatoms. The van der Waals surface area contributed by atoms with Crippen molar-refractivity contribution < 1.29 is 23.1 Å². The summed E-state index contributed by atoms with van der Waals surface area (Å²) in [6.07, 6.45) is 1.78. The normalized spacial score (nSPS) is 25.8. The smallest absolute Gasteiger partial charge is 0.308 e. The zero-order chi connectivity index (χ0) is 18.2. The molecule has 0 spiro atoms. The van der Waals surface area contributed by atoms with Crippen LogP contribution >= 0.6 is 0 Å². The van der Waals surface area contributed by atoms with Crippen LogP contribution in [0.2, 0.25) is 0 Å². The molecular weight excluding hydrogens is 344 g/mol. The lowest BCUT2D eigenvalue weighted by Crippen LogP contribution is -2.47. The maximum Gasteiger partial charge on any atom is 0.308 e. The number of piperidine rings is 1. The summed E-state index contributed by atoms with van der Waals surface area (Å²) in [4.78, 5) is 25.7. The predicted molar refractivity (Wildman–Crippen MR) is 93.1 cm³/mol. The minimum Gasteiger partial charge on any atom is -0.481 e. The number of anilines is 1. The largest absolute Gasteiger partial charge is 0.481 e. The number of likely N-dealkylation sites (tertiary alicyclic amines) is 1. The molecule has 2 fully saturated rings. The molecule has 0 radical (unpaired) electrons. The molecule has 0 aliphatic carbocycles. The van der Waals surface area contributed by atoms with Gasteiger partial charge < -0.3 is 10.0 Å². The Kier molecular flexibility index (Phi) is 4.73. The molecule has 2 saturated heterocycles. The third kappa shape index (κ3) is 3.49. The molecule has 136 valence electrons. The fourth-order valence-electron chi connectivity index (χ4n) is 3.48. The highest BCUT2D eigenvalue weighted by molar-refractivity contribution is 7.93. The number of aliphatic carboxylic acids is 1. The lowest BCUT2D eigenvalue weighted by Gasteiger charge is -2.36. The second kappa shape index (κ2) is 6.67. The highest BCUT2D eigenvalue weighted by atomic mass is 32.2. The van der Waals surface area contributed by atoms with Gasteiger partial charge in [-0.2, -0.15) is 0 Å². The molecule has 25 heavy (non-hydrogen) atoms. The van der Waals surface area contributed by atoms with Crippen molar-refractivity contribution >= 4 is 27.6 Å². The molecule has 2 heterocycles. The number of benzene rings is 1. The van der Waals surface area contributed by atoms with Gasteiger partial charge in [0.2, 0.25) is 10.0 Å². The number of nitrogens with zero attached hydrogens (tertiary/aromatic N) is 2. The van der Waals surface area contributed by atoms with Crippen molar-refractivity contribution in [3.05, 3.63) is 29.8 Å². The van der Waals surface area contributed by atoms with Crippen molar-refractivity contribution in [3.8, 4) is 0 Å². The SMILES string of the molecule is CC1CCC(C(=O)O)CN1C(=O)c1cccc(N2CCCS2(=O)=O)c1. The maximum atomic E-state index is 12.9. The Balaban J connectivity index is 1.85. The third-order valence-electron chi connectivity index (χ3n) is 4.97. The van der Waals surface area contributed by atoms with E-state index in [-0.39, 0.29) is 24.2 Å². The van der Waals surface area contributed by atoms with Crippen molar-refractivity contribution in [2.75, 3.05) is 23.1 Å². The minimum absolute atomic E-state index is 0.0396. The van der Waals surface area contributed by atoms with E-state index in [2.05, 4.69) is 0 Å². The molecule has 7 nitrogen and oxygen atoms in total. The van der Waals surface area contributed by atoms with E-state index < -0.39 is 21.9 Å². The number of hydrogen-bond donors (Lipinski definition) is 1. The van der Waals surface area contributed by atoms with Gasteiger partial charge in [0.25, 0.3) is 5.91 Å². The number of carboxylic acids is 1. The molecule has 2 aliphatic rings. The quantitative estimate of drug-likeness (QED) is 0.876. The molecule has 0 saturated carbocycles. The van der Waals surface area contributed by atoms with E-state index in [9.17, 15) is 23.1 Å². The van der Waals surface area contributed by atoms with Crippen molar-refractivity contribution in [2.45, 2.75) is 32.2 Å². The van der Waals surface area contributed by atoms with Gasteiger partial charge in [0.15, 0.2) is 0 Å².